The van der Waals surface area contributed by atoms with Crippen LogP contribution in [0.15, 0.2) is 30.5 Å². The van der Waals surface area contributed by atoms with E-state index < -0.39 is 11.7 Å². The summed E-state index contributed by atoms with van der Waals surface area (Å²) >= 11 is 1.92. The Bertz CT molecular complexity index is 1220. The van der Waals surface area contributed by atoms with Gasteiger partial charge in [0.2, 0.25) is 5.91 Å². The second kappa shape index (κ2) is 11.6. The minimum Gasteiger partial charge on any atom is -0.349 e. The molecular weight excluding hydrogens is 501 g/mol. The highest BCUT2D eigenvalue weighted by Gasteiger charge is 2.42. The molecule has 1 aromatic heterocycles. The lowest BCUT2D eigenvalue weighted by Gasteiger charge is -2.40. The SMILES string of the molecule is Cc1cccc(C(=O)NC2CCC(N3C(=O)c4cc(F)cnc4CCC(C4CCSCC4)C3=O)CC2)c1C. The Balaban J connectivity index is 1.34. The molecule has 6 nitrogen and oxygen atoms in total. The lowest BCUT2D eigenvalue weighted by molar-refractivity contribution is -0.137. The molecule has 1 unspecified atom stereocenters. The van der Waals surface area contributed by atoms with Crippen molar-refractivity contribution in [3.8, 4) is 0 Å². The molecule has 0 bridgehead atoms. The van der Waals surface area contributed by atoms with E-state index in [4.69, 9.17) is 0 Å². The Morgan fingerprint density at radius 3 is 2.53 bits per heavy atom. The van der Waals surface area contributed by atoms with Crippen LogP contribution in [0.2, 0.25) is 0 Å². The molecule has 8 heteroatoms. The van der Waals surface area contributed by atoms with Gasteiger partial charge in [-0.3, -0.25) is 24.3 Å². The van der Waals surface area contributed by atoms with E-state index in [0.717, 1.165) is 41.7 Å². The summed E-state index contributed by atoms with van der Waals surface area (Å²) < 4.78 is 14.1. The molecule has 3 heterocycles. The fraction of sp³-hybridized carbons (Fsp3) is 0.533. The largest absolute Gasteiger partial charge is 0.349 e. The minimum atomic E-state index is -0.566. The number of fused-ring (bicyclic) bond motifs is 1. The molecule has 0 radical (unpaired) electrons. The molecule has 2 aromatic rings. The maximum atomic E-state index is 14.1. The van der Waals surface area contributed by atoms with Crippen molar-refractivity contribution in [2.24, 2.45) is 11.8 Å². The van der Waals surface area contributed by atoms with Gasteiger partial charge in [0.25, 0.3) is 11.8 Å². The first-order valence-electron chi connectivity index (χ1n) is 13.8. The molecule has 1 aliphatic carbocycles. The van der Waals surface area contributed by atoms with Gasteiger partial charge in [0.05, 0.1) is 17.5 Å². The molecule has 0 spiro atoms. The second-order valence-corrected chi connectivity index (χ2v) is 12.2. The van der Waals surface area contributed by atoms with Crippen molar-refractivity contribution >= 4 is 29.5 Å². The molecule has 1 aromatic carbocycles. The molecule has 2 fully saturated rings. The first-order chi connectivity index (χ1) is 18.3. The van der Waals surface area contributed by atoms with Gasteiger partial charge in [-0.1, -0.05) is 12.1 Å². The Kier molecular flexibility index (Phi) is 8.17. The van der Waals surface area contributed by atoms with Crippen LogP contribution in [0.25, 0.3) is 0 Å². The lowest BCUT2D eigenvalue weighted by atomic mass is 9.80. The van der Waals surface area contributed by atoms with Crippen molar-refractivity contribution in [2.45, 2.75) is 77.3 Å². The maximum Gasteiger partial charge on any atom is 0.262 e. The van der Waals surface area contributed by atoms with Crippen LogP contribution in [0.3, 0.4) is 0 Å². The lowest BCUT2D eigenvalue weighted by Crippen LogP contribution is -2.52. The Morgan fingerprint density at radius 1 is 1.05 bits per heavy atom. The summed E-state index contributed by atoms with van der Waals surface area (Å²) in [5.74, 6) is 0.930. The number of nitrogens with zero attached hydrogens (tertiary/aromatic N) is 2. The van der Waals surface area contributed by atoms with E-state index in [1.807, 2.05) is 43.8 Å². The van der Waals surface area contributed by atoms with Crippen molar-refractivity contribution in [2.75, 3.05) is 11.5 Å². The number of hydrogen-bond donors (Lipinski definition) is 1. The number of carbonyl (C=O) groups excluding carboxylic acids is 3. The highest BCUT2D eigenvalue weighted by Crippen LogP contribution is 2.37. The van der Waals surface area contributed by atoms with Gasteiger partial charge in [-0.15, -0.1) is 0 Å². The van der Waals surface area contributed by atoms with Gasteiger partial charge in [0.1, 0.15) is 5.82 Å². The molecule has 1 saturated heterocycles. The smallest absolute Gasteiger partial charge is 0.262 e. The number of amides is 3. The van der Waals surface area contributed by atoms with Crippen molar-refractivity contribution in [3.63, 3.8) is 0 Å². The summed E-state index contributed by atoms with van der Waals surface area (Å²) in [7, 11) is 0. The third kappa shape index (κ3) is 5.51. The number of aromatic nitrogens is 1. The van der Waals surface area contributed by atoms with E-state index in [-0.39, 0.29) is 41.3 Å². The van der Waals surface area contributed by atoms with Crippen LogP contribution in [0.4, 0.5) is 4.39 Å². The van der Waals surface area contributed by atoms with Gasteiger partial charge in [-0.05, 0) is 106 Å². The Labute approximate surface area is 228 Å². The minimum absolute atomic E-state index is 0.0174. The van der Waals surface area contributed by atoms with Crippen LogP contribution in [-0.4, -0.2) is 51.2 Å². The van der Waals surface area contributed by atoms with Crippen molar-refractivity contribution in [3.05, 3.63) is 64.2 Å². The molecule has 38 heavy (non-hydrogen) atoms. The van der Waals surface area contributed by atoms with Gasteiger partial charge >= 0.3 is 0 Å². The van der Waals surface area contributed by atoms with E-state index in [1.54, 1.807) is 0 Å². The summed E-state index contributed by atoms with van der Waals surface area (Å²) in [6.07, 6.45) is 6.83. The van der Waals surface area contributed by atoms with Crippen LogP contribution in [-0.2, 0) is 11.2 Å². The average Bonchev–Trinajstić information content (AvgIpc) is 2.92. The van der Waals surface area contributed by atoms with Crippen LogP contribution < -0.4 is 5.32 Å². The van der Waals surface area contributed by atoms with Gasteiger partial charge in [0, 0.05) is 23.6 Å². The third-order valence-electron chi connectivity index (χ3n) is 8.71. The highest BCUT2D eigenvalue weighted by molar-refractivity contribution is 7.99. The molecule has 3 aliphatic rings. The molecule has 1 N–H and O–H groups in total. The van der Waals surface area contributed by atoms with E-state index >= 15 is 0 Å². The third-order valence-corrected chi connectivity index (χ3v) is 9.76. The van der Waals surface area contributed by atoms with E-state index in [1.165, 1.54) is 11.0 Å². The van der Waals surface area contributed by atoms with Gasteiger partial charge in [-0.25, -0.2) is 4.39 Å². The maximum absolute atomic E-state index is 14.1. The zero-order valence-electron chi connectivity index (χ0n) is 22.2. The number of nitrogens with one attached hydrogen (secondary N) is 1. The number of rotatable bonds is 4. The predicted octanol–water partition coefficient (Wildman–Crippen LogP) is 5.25. The molecule has 3 amide bonds. The number of imide groups is 1. The quantitative estimate of drug-likeness (QED) is 0.539. The van der Waals surface area contributed by atoms with E-state index in [0.29, 0.717) is 49.8 Å². The molecule has 2 aliphatic heterocycles. The zero-order valence-corrected chi connectivity index (χ0v) is 23.0. The normalized spacial score (nSPS) is 24.9. The fourth-order valence-electron chi connectivity index (χ4n) is 6.32. The number of hydrogen-bond acceptors (Lipinski definition) is 5. The highest BCUT2D eigenvalue weighted by atomic mass is 32.2. The van der Waals surface area contributed by atoms with Crippen LogP contribution in [0.5, 0.6) is 0 Å². The summed E-state index contributed by atoms with van der Waals surface area (Å²) in [5, 5.41) is 3.17. The van der Waals surface area contributed by atoms with E-state index in [9.17, 15) is 18.8 Å². The molecule has 5 rings (SSSR count). The monoisotopic (exact) mass is 537 g/mol. The van der Waals surface area contributed by atoms with Crippen molar-refractivity contribution < 1.29 is 18.8 Å². The van der Waals surface area contributed by atoms with Gasteiger partial charge in [0.15, 0.2) is 0 Å². The number of carbonyl (C=O) groups is 3. The Hall–Kier alpha value is -2.74. The Morgan fingerprint density at radius 2 is 1.79 bits per heavy atom. The van der Waals surface area contributed by atoms with E-state index in [2.05, 4.69) is 10.3 Å². The number of halogens is 1. The topological polar surface area (TPSA) is 79.4 Å². The summed E-state index contributed by atoms with van der Waals surface area (Å²) in [4.78, 5) is 46.5. The molecule has 1 saturated carbocycles. The van der Waals surface area contributed by atoms with Gasteiger partial charge in [-0.2, -0.15) is 11.8 Å². The first-order valence-corrected chi connectivity index (χ1v) is 15.0. The molecule has 202 valence electrons. The number of thioether (sulfide) groups is 1. The number of pyridine rings is 1. The van der Waals surface area contributed by atoms with Crippen molar-refractivity contribution in [1.29, 1.82) is 0 Å². The average molecular weight is 538 g/mol. The summed E-state index contributed by atoms with van der Waals surface area (Å²) in [6, 6.07) is 6.68. The van der Waals surface area contributed by atoms with Crippen LogP contribution in [0.1, 0.15) is 82.5 Å². The van der Waals surface area contributed by atoms with Crippen molar-refractivity contribution in [1.82, 2.24) is 15.2 Å². The number of benzene rings is 1. The first kappa shape index (κ1) is 26.9. The number of aryl methyl sites for hydroxylation is 2. The van der Waals surface area contributed by atoms with Crippen LogP contribution in [0, 0.1) is 31.5 Å². The standard InChI is InChI=1S/C30H36FN3O3S/c1-18-4-3-5-24(19(18)2)28(35)33-22-6-8-23(9-7-22)34-29(36)25(20-12-14-38-15-13-20)10-11-27-26(30(34)37)16-21(31)17-32-27/h3-5,16-17,20,22-23,25H,6-15H2,1-2H3,(H,33,35). The summed E-state index contributed by atoms with van der Waals surface area (Å²) in [5.41, 5.74) is 3.52. The molecular formula is C30H36FN3O3S. The molecule has 1 atom stereocenters. The second-order valence-electron chi connectivity index (χ2n) is 11.0. The van der Waals surface area contributed by atoms with Crippen LogP contribution >= 0.6 is 11.8 Å². The van der Waals surface area contributed by atoms with Gasteiger partial charge < -0.3 is 5.32 Å². The summed E-state index contributed by atoms with van der Waals surface area (Å²) in [6.45, 7) is 3.95. The predicted molar refractivity (Wildman–Crippen MR) is 147 cm³/mol. The zero-order chi connectivity index (χ0) is 26.8. The fourth-order valence-corrected chi connectivity index (χ4v) is 7.46.